The Labute approximate surface area is 118 Å². The molecule has 3 heteroatoms. The third-order valence-corrected chi connectivity index (χ3v) is 3.98. The maximum atomic E-state index is 5.69. The lowest BCUT2D eigenvalue weighted by atomic mass is 9.99. The molecule has 3 nitrogen and oxygen atoms in total. The van der Waals surface area contributed by atoms with Crippen LogP contribution < -0.4 is 11.3 Å². The second-order valence-corrected chi connectivity index (χ2v) is 5.30. The lowest BCUT2D eigenvalue weighted by Gasteiger charge is -2.22. The Morgan fingerprint density at radius 1 is 1.16 bits per heavy atom. The number of rotatable bonds is 8. The summed E-state index contributed by atoms with van der Waals surface area (Å²) in [6.07, 6.45) is 2.09. The molecule has 1 atom stereocenters. The quantitative estimate of drug-likeness (QED) is 0.559. The molecule has 0 radical (unpaired) electrons. The Hall–Kier alpha value is -0.900. The Morgan fingerprint density at radius 2 is 1.84 bits per heavy atom. The zero-order valence-electron chi connectivity index (χ0n) is 12.9. The Morgan fingerprint density at radius 3 is 2.37 bits per heavy atom. The first-order chi connectivity index (χ1) is 9.10. The first kappa shape index (κ1) is 16.2. The zero-order chi connectivity index (χ0) is 14.3. The van der Waals surface area contributed by atoms with Crippen molar-refractivity contribution in [1.82, 2.24) is 10.3 Å². The van der Waals surface area contributed by atoms with Crippen molar-refractivity contribution >= 4 is 0 Å². The number of nitrogens with one attached hydrogen (secondary N) is 1. The van der Waals surface area contributed by atoms with Crippen LogP contribution in [0.25, 0.3) is 0 Å². The fourth-order valence-electron chi connectivity index (χ4n) is 2.34. The van der Waals surface area contributed by atoms with Crippen LogP contribution in [0, 0.1) is 13.8 Å². The van der Waals surface area contributed by atoms with Gasteiger partial charge in [0.05, 0.1) is 0 Å². The lowest BCUT2D eigenvalue weighted by molar-refractivity contribution is 0.281. The van der Waals surface area contributed by atoms with Crippen LogP contribution in [0.3, 0.4) is 0 Å². The minimum atomic E-state index is 0.350. The lowest BCUT2D eigenvalue weighted by Crippen LogP contribution is -2.39. The number of nitrogens with zero attached hydrogens (tertiary/aromatic N) is 1. The van der Waals surface area contributed by atoms with Gasteiger partial charge < -0.3 is 4.90 Å². The highest BCUT2D eigenvalue weighted by Crippen LogP contribution is 2.12. The van der Waals surface area contributed by atoms with E-state index in [1.165, 1.54) is 16.7 Å². The van der Waals surface area contributed by atoms with Gasteiger partial charge in [0.15, 0.2) is 0 Å². The van der Waals surface area contributed by atoms with E-state index in [0.29, 0.717) is 6.04 Å². The minimum absolute atomic E-state index is 0.350. The fraction of sp³-hybridized carbons (Fsp3) is 0.625. The summed E-state index contributed by atoms with van der Waals surface area (Å²) < 4.78 is 0. The molecule has 0 saturated carbocycles. The smallest absolute Gasteiger partial charge is 0.0263 e. The second-order valence-electron chi connectivity index (χ2n) is 5.30. The van der Waals surface area contributed by atoms with Gasteiger partial charge in [0.25, 0.3) is 0 Å². The Balaban J connectivity index is 2.53. The van der Waals surface area contributed by atoms with E-state index in [4.69, 9.17) is 5.84 Å². The molecule has 0 fully saturated rings. The molecule has 0 bridgehead atoms. The van der Waals surface area contributed by atoms with Crippen molar-refractivity contribution in [3.8, 4) is 0 Å². The number of hydrogen-bond acceptors (Lipinski definition) is 3. The van der Waals surface area contributed by atoms with Crippen LogP contribution in [-0.4, -0.2) is 30.6 Å². The van der Waals surface area contributed by atoms with Crippen molar-refractivity contribution < 1.29 is 0 Å². The summed E-state index contributed by atoms with van der Waals surface area (Å²) in [5.41, 5.74) is 7.04. The zero-order valence-corrected chi connectivity index (χ0v) is 12.9. The summed E-state index contributed by atoms with van der Waals surface area (Å²) in [7, 11) is 0. The van der Waals surface area contributed by atoms with E-state index in [2.05, 4.69) is 56.2 Å². The van der Waals surface area contributed by atoms with Crippen molar-refractivity contribution in [3.05, 3.63) is 34.9 Å². The molecular weight excluding hydrogens is 234 g/mol. The van der Waals surface area contributed by atoms with Crippen LogP contribution in [0.2, 0.25) is 0 Å². The van der Waals surface area contributed by atoms with E-state index in [9.17, 15) is 0 Å². The number of aryl methyl sites for hydroxylation is 2. The molecule has 0 spiro atoms. The maximum absolute atomic E-state index is 5.69. The van der Waals surface area contributed by atoms with Crippen LogP contribution >= 0.6 is 0 Å². The highest BCUT2D eigenvalue weighted by Gasteiger charge is 2.10. The molecule has 1 rings (SSSR count). The van der Waals surface area contributed by atoms with Gasteiger partial charge in [-0.25, -0.2) is 0 Å². The summed E-state index contributed by atoms with van der Waals surface area (Å²) in [4.78, 5) is 2.44. The van der Waals surface area contributed by atoms with Crippen molar-refractivity contribution in [2.24, 2.45) is 5.84 Å². The molecule has 3 N–H and O–H groups in total. The summed E-state index contributed by atoms with van der Waals surface area (Å²) >= 11 is 0. The van der Waals surface area contributed by atoms with Crippen LogP contribution in [0.5, 0.6) is 0 Å². The summed E-state index contributed by atoms with van der Waals surface area (Å²) in [5, 5.41) is 0. The van der Waals surface area contributed by atoms with E-state index >= 15 is 0 Å². The molecule has 0 aromatic heterocycles. The molecule has 1 aromatic rings. The standard InChI is InChI=1S/C16H29N3/c1-5-19(6-2)10-9-16(18-17)12-15-8-7-13(3)14(4)11-15/h7-8,11,16,18H,5-6,9-10,12,17H2,1-4H3. The monoisotopic (exact) mass is 263 g/mol. The molecular formula is C16H29N3. The van der Waals surface area contributed by atoms with Gasteiger partial charge in [-0.05, 0) is 63.0 Å². The number of nitrogens with two attached hydrogens (primary N) is 1. The Kier molecular flexibility index (Phi) is 7.06. The van der Waals surface area contributed by atoms with Crippen LogP contribution in [0.1, 0.15) is 37.0 Å². The molecule has 0 aliphatic carbocycles. The van der Waals surface area contributed by atoms with Crippen LogP contribution in [0.15, 0.2) is 18.2 Å². The predicted molar refractivity (Wildman–Crippen MR) is 83.1 cm³/mol. The third kappa shape index (κ3) is 5.31. The summed E-state index contributed by atoms with van der Waals surface area (Å²) in [5.74, 6) is 5.69. The molecule has 0 amide bonds. The topological polar surface area (TPSA) is 41.3 Å². The van der Waals surface area contributed by atoms with Crippen molar-refractivity contribution in [2.45, 2.75) is 46.6 Å². The number of hydrogen-bond donors (Lipinski definition) is 2. The van der Waals surface area contributed by atoms with Gasteiger partial charge in [0, 0.05) is 6.04 Å². The van der Waals surface area contributed by atoms with E-state index in [1.807, 2.05) is 0 Å². The van der Waals surface area contributed by atoms with Crippen LogP contribution in [-0.2, 0) is 6.42 Å². The highest BCUT2D eigenvalue weighted by molar-refractivity contribution is 5.30. The van der Waals surface area contributed by atoms with Crippen LogP contribution in [0.4, 0.5) is 0 Å². The van der Waals surface area contributed by atoms with E-state index < -0.39 is 0 Å². The first-order valence-corrected chi connectivity index (χ1v) is 7.35. The van der Waals surface area contributed by atoms with Gasteiger partial charge >= 0.3 is 0 Å². The van der Waals surface area contributed by atoms with E-state index in [0.717, 1.165) is 32.5 Å². The maximum Gasteiger partial charge on any atom is 0.0263 e. The van der Waals surface area contributed by atoms with Crippen molar-refractivity contribution in [3.63, 3.8) is 0 Å². The number of benzene rings is 1. The van der Waals surface area contributed by atoms with Gasteiger partial charge in [0.2, 0.25) is 0 Å². The fourth-order valence-corrected chi connectivity index (χ4v) is 2.34. The minimum Gasteiger partial charge on any atom is -0.304 e. The Bertz CT molecular complexity index is 372. The summed E-state index contributed by atoms with van der Waals surface area (Å²) in [6, 6.07) is 7.03. The molecule has 0 aliphatic heterocycles. The highest BCUT2D eigenvalue weighted by atomic mass is 15.2. The van der Waals surface area contributed by atoms with Gasteiger partial charge in [-0.3, -0.25) is 11.3 Å². The van der Waals surface area contributed by atoms with Gasteiger partial charge in [-0.2, -0.15) is 0 Å². The second kappa shape index (κ2) is 8.31. The molecule has 1 unspecified atom stereocenters. The predicted octanol–water partition coefficient (Wildman–Crippen LogP) is 2.41. The first-order valence-electron chi connectivity index (χ1n) is 7.35. The van der Waals surface area contributed by atoms with E-state index in [1.54, 1.807) is 0 Å². The average Bonchev–Trinajstić information content (AvgIpc) is 2.42. The number of hydrazine groups is 1. The van der Waals surface area contributed by atoms with E-state index in [-0.39, 0.29) is 0 Å². The third-order valence-electron chi connectivity index (χ3n) is 3.98. The van der Waals surface area contributed by atoms with Gasteiger partial charge in [0.1, 0.15) is 0 Å². The summed E-state index contributed by atoms with van der Waals surface area (Å²) in [6.45, 7) is 12.1. The molecule has 108 valence electrons. The average molecular weight is 263 g/mol. The van der Waals surface area contributed by atoms with Gasteiger partial charge in [-0.15, -0.1) is 0 Å². The molecule has 19 heavy (non-hydrogen) atoms. The van der Waals surface area contributed by atoms with Crippen molar-refractivity contribution in [2.75, 3.05) is 19.6 Å². The van der Waals surface area contributed by atoms with Crippen molar-refractivity contribution in [1.29, 1.82) is 0 Å². The molecule has 0 aliphatic rings. The van der Waals surface area contributed by atoms with Gasteiger partial charge in [-0.1, -0.05) is 32.0 Å². The molecule has 1 aromatic carbocycles. The molecule has 0 saturated heterocycles. The SMILES string of the molecule is CCN(CC)CCC(Cc1ccc(C)c(C)c1)NN. The molecule has 0 heterocycles. The largest absolute Gasteiger partial charge is 0.304 e. The normalized spacial score (nSPS) is 12.9.